The minimum absolute atomic E-state index is 0.0235. The lowest BCUT2D eigenvalue weighted by atomic mass is 9.88. The monoisotopic (exact) mass is 332 g/mol. The maximum absolute atomic E-state index is 13.3. The Kier molecular flexibility index (Phi) is 4.32. The van der Waals surface area contributed by atoms with Gasteiger partial charge in [0.15, 0.2) is 5.78 Å². The summed E-state index contributed by atoms with van der Waals surface area (Å²) < 4.78 is 0. The van der Waals surface area contributed by atoms with E-state index in [-0.39, 0.29) is 17.3 Å². The van der Waals surface area contributed by atoms with E-state index in [2.05, 4.69) is 0 Å². The van der Waals surface area contributed by atoms with Gasteiger partial charge in [-0.25, -0.2) is 0 Å². The van der Waals surface area contributed by atoms with Gasteiger partial charge >= 0.3 is 0 Å². The summed E-state index contributed by atoms with van der Waals surface area (Å²) in [7, 11) is 0. The van der Waals surface area contributed by atoms with E-state index in [1.54, 1.807) is 36.4 Å². The number of para-hydroxylation sites is 1. The Labute approximate surface area is 147 Å². The SMILES string of the molecule is Cc1cc(C)c(C(=O)c2cccc(O)c2-c2ccccc2O)c(C)c1. The van der Waals surface area contributed by atoms with Crippen LogP contribution in [0.25, 0.3) is 11.1 Å². The Balaban J connectivity index is 2.25. The number of phenols is 2. The number of rotatable bonds is 3. The van der Waals surface area contributed by atoms with Gasteiger partial charge in [0, 0.05) is 22.3 Å². The van der Waals surface area contributed by atoms with Crippen molar-refractivity contribution in [3.63, 3.8) is 0 Å². The zero-order chi connectivity index (χ0) is 18.1. The molecule has 0 fully saturated rings. The molecule has 0 unspecified atom stereocenters. The molecule has 0 radical (unpaired) electrons. The first kappa shape index (κ1) is 16.8. The molecule has 3 aromatic rings. The van der Waals surface area contributed by atoms with Crippen LogP contribution in [0.5, 0.6) is 11.5 Å². The van der Waals surface area contributed by atoms with E-state index in [1.807, 2.05) is 32.9 Å². The van der Waals surface area contributed by atoms with Crippen molar-refractivity contribution < 1.29 is 15.0 Å². The number of hydrogen-bond donors (Lipinski definition) is 2. The Hall–Kier alpha value is -3.07. The molecule has 3 nitrogen and oxygen atoms in total. The summed E-state index contributed by atoms with van der Waals surface area (Å²) in [6.07, 6.45) is 0. The third-order valence-electron chi connectivity index (χ3n) is 4.36. The summed E-state index contributed by atoms with van der Waals surface area (Å²) in [6, 6.07) is 15.5. The second-order valence-corrected chi connectivity index (χ2v) is 6.32. The molecule has 0 saturated heterocycles. The van der Waals surface area contributed by atoms with E-state index in [0.717, 1.165) is 16.7 Å². The molecular formula is C22H20O3. The fourth-order valence-corrected chi connectivity index (χ4v) is 3.37. The van der Waals surface area contributed by atoms with E-state index in [1.165, 1.54) is 6.07 Å². The first-order valence-electron chi connectivity index (χ1n) is 8.13. The Morgan fingerprint density at radius 1 is 0.800 bits per heavy atom. The fraction of sp³-hybridized carbons (Fsp3) is 0.136. The molecule has 3 rings (SSSR count). The third kappa shape index (κ3) is 3.01. The van der Waals surface area contributed by atoms with E-state index >= 15 is 0 Å². The minimum atomic E-state index is -0.163. The fourth-order valence-electron chi connectivity index (χ4n) is 3.37. The number of aromatic hydroxyl groups is 2. The molecule has 0 bridgehead atoms. The molecule has 3 heteroatoms. The van der Waals surface area contributed by atoms with E-state index in [4.69, 9.17) is 0 Å². The molecule has 0 aliphatic rings. The second-order valence-electron chi connectivity index (χ2n) is 6.32. The van der Waals surface area contributed by atoms with Crippen LogP contribution in [0.1, 0.15) is 32.6 Å². The second kappa shape index (κ2) is 6.44. The lowest BCUT2D eigenvalue weighted by molar-refractivity contribution is 0.103. The van der Waals surface area contributed by atoms with Crippen molar-refractivity contribution in [1.29, 1.82) is 0 Å². The molecule has 0 aliphatic heterocycles. The standard InChI is InChI=1S/C22H20O3/c1-13-11-14(2)20(15(3)12-13)22(25)17-8-6-10-19(24)21(17)16-7-4-5-9-18(16)23/h4-12,23-24H,1-3H3. The van der Waals surface area contributed by atoms with Crippen molar-refractivity contribution in [3.05, 3.63) is 82.4 Å². The van der Waals surface area contributed by atoms with Crippen LogP contribution < -0.4 is 0 Å². The molecule has 3 aromatic carbocycles. The number of benzene rings is 3. The molecule has 0 aromatic heterocycles. The van der Waals surface area contributed by atoms with Crippen LogP contribution in [0, 0.1) is 20.8 Å². The van der Waals surface area contributed by atoms with Crippen LogP contribution in [0.4, 0.5) is 0 Å². The molecule has 2 N–H and O–H groups in total. The summed E-state index contributed by atoms with van der Waals surface area (Å²) in [5, 5.41) is 20.6. The third-order valence-corrected chi connectivity index (χ3v) is 4.36. The van der Waals surface area contributed by atoms with Crippen LogP contribution in [-0.2, 0) is 0 Å². The van der Waals surface area contributed by atoms with Crippen molar-refractivity contribution in [3.8, 4) is 22.6 Å². The smallest absolute Gasteiger partial charge is 0.194 e. The van der Waals surface area contributed by atoms with Gasteiger partial charge in [0.1, 0.15) is 11.5 Å². The maximum atomic E-state index is 13.3. The number of hydrogen-bond acceptors (Lipinski definition) is 3. The zero-order valence-electron chi connectivity index (χ0n) is 14.5. The Morgan fingerprint density at radius 3 is 2.04 bits per heavy atom. The number of carbonyl (C=O) groups is 1. The summed E-state index contributed by atoms with van der Waals surface area (Å²) in [4.78, 5) is 13.3. The first-order chi connectivity index (χ1) is 11.9. The van der Waals surface area contributed by atoms with Gasteiger partial charge < -0.3 is 10.2 Å². The van der Waals surface area contributed by atoms with Crippen molar-refractivity contribution >= 4 is 5.78 Å². The number of ketones is 1. The molecule has 126 valence electrons. The highest BCUT2D eigenvalue weighted by Crippen LogP contribution is 2.39. The zero-order valence-corrected chi connectivity index (χ0v) is 14.5. The molecular weight excluding hydrogens is 312 g/mol. The van der Waals surface area contributed by atoms with Gasteiger partial charge in [-0.05, 0) is 44.0 Å². The normalized spacial score (nSPS) is 10.7. The van der Waals surface area contributed by atoms with Gasteiger partial charge in [0.25, 0.3) is 0 Å². The largest absolute Gasteiger partial charge is 0.507 e. The topological polar surface area (TPSA) is 57.5 Å². The van der Waals surface area contributed by atoms with Crippen molar-refractivity contribution in [2.75, 3.05) is 0 Å². The van der Waals surface area contributed by atoms with Crippen LogP contribution in [0.2, 0.25) is 0 Å². The van der Waals surface area contributed by atoms with Gasteiger partial charge in [-0.3, -0.25) is 4.79 Å². The van der Waals surface area contributed by atoms with E-state index in [9.17, 15) is 15.0 Å². The summed E-state index contributed by atoms with van der Waals surface area (Å²) in [5.41, 5.74) is 4.69. The highest BCUT2D eigenvalue weighted by molar-refractivity contribution is 6.15. The lowest BCUT2D eigenvalue weighted by Gasteiger charge is -2.15. The minimum Gasteiger partial charge on any atom is -0.507 e. The summed E-state index contributed by atoms with van der Waals surface area (Å²) in [6.45, 7) is 5.82. The number of phenolic OH excluding ortho intramolecular Hbond substituents is 2. The van der Waals surface area contributed by atoms with Crippen LogP contribution >= 0.6 is 0 Å². The van der Waals surface area contributed by atoms with Crippen molar-refractivity contribution in [1.82, 2.24) is 0 Å². The average Bonchev–Trinajstić information content (AvgIpc) is 2.54. The molecule has 0 heterocycles. The Bertz CT molecular complexity index is 948. The molecule has 0 saturated carbocycles. The molecule has 0 atom stereocenters. The van der Waals surface area contributed by atoms with Crippen molar-refractivity contribution in [2.24, 2.45) is 0 Å². The highest BCUT2D eigenvalue weighted by atomic mass is 16.3. The van der Waals surface area contributed by atoms with Gasteiger partial charge in [-0.15, -0.1) is 0 Å². The van der Waals surface area contributed by atoms with Crippen LogP contribution in [0.15, 0.2) is 54.6 Å². The van der Waals surface area contributed by atoms with E-state index in [0.29, 0.717) is 22.3 Å². The van der Waals surface area contributed by atoms with Gasteiger partial charge in [-0.1, -0.05) is 48.0 Å². The van der Waals surface area contributed by atoms with Crippen LogP contribution in [0.3, 0.4) is 0 Å². The molecule has 0 aliphatic carbocycles. The first-order valence-corrected chi connectivity index (χ1v) is 8.13. The van der Waals surface area contributed by atoms with Gasteiger partial charge in [0.2, 0.25) is 0 Å². The van der Waals surface area contributed by atoms with Crippen molar-refractivity contribution in [2.45, 2.75) is 20.8 Å². The highest BCUT2D eigenvalue weighted by Gasteiger charge is 2.22. The van der Waals surface area contributed by atoms with Gasteiger partial charge in [0.05, 0.1) is 0 Å². The van der Waals surface area contributed by atoms with Gasteiger partial charge in [-0.2, -0.15) is 0 Å². The quantitative estimate of drug-likeness (QED) is 0.669. The molecule has 0 amide bonds. The predicted octanol–water partition coefficient (Wildman–Crippen LogP) is 4.92. The summed E-state index contributed by atoms with van der Waals surface area (Å²) >= 11 is 0. The van der Waals surface area contributed by atoms with E-state index < -0.39 is 0 Å². The number of carbonyl (C=O) groups excluding carboxylic acids is 1. The Morgan fingerprint density at radius 2 is 1.40 bits per heavy atom. The average molecular weight is 332 g/mol. The van der Waals surface area contributed by atoms with Crippen LogP contribution in [-0.4, -0.2) is 16.0 Å². The predicted molar refractivity (Wildman–Crippen MR) is 99.3 cm³/mol. The number of aryl methyl sites for hydroxylation is 3. The lowest BCUT2D eigenvalue weighted by Crippen LogP contribution is -2.08. The molecule has 0 spiro atoms. The maximum Gasteiger partial charge on any atom is 0.194 e. The molecule has 25 heavy (non-hydrogen) atoms. The summed E-state index contributed by atoms with van der Waals surface area (Å²) in [5.74, 6) is -0.172.